The molecule has 0 fully saturated rings. The minimum absolute atomic E-state index is 0.171. The van der Waals surface area contributed by atoms with E-state index in [0.717, 1.165) is 47.0 Å². The summed E-state index contributed by atoms with van der Waals surface area (Å²) in [5.41, 5.74) is 4.26. The van der Waals surface area contributed by atoms with Crippen molar-refractivity contribution in [1.29, 1.82) is 0 Å². The van der Waals surface area contributed by atoms with Gasteiger partial charge in [0.25, 0.3) is 5.91 Å². The smallest absolute Gasteiger partial charge is 0.339 e. The number of ether oxygens (including phenoxy) is 1. The summed E-state index contributed by atoms with van der Waals surface area (Å²) >= 11 is 0. The number of aromatic nitrogens is 1. The number of aryl methyl sites for hydroxylation is 1. The lowest BCUT2D eigenvalue weighted by Crippen LogP contribution is -2.37. The highest BCUT2D eigenvalue weighted by atomic mass is 16.5. The van der Waals surface area contributed by atoms with Crippen molar-refractivity contribution >= 4 is 22.8 Å². The maximum atomic E-state index is 13.1. The summed E-state index contributed by atoms with van der Waals surface area (Å²) in [4.78, 5) is 30.3. The Kier molecular flexibility index (Phi) is 5.30. The van der Waals surface area contributed by atoms with E-state index >= 15 is 0 Å². The third-order valence-corrected chi connectivity index (χ3v) is 5.43. The number of para-hydroxylation sites is 1. The molecule has 1 aliphatic carbocycles. The topological polar surface area (TPSA) is 68.3 Å². The van der Waals surface area contributed by atoms with Gasteiger partial charge in [0, 0.05) is 11.1 Å². The van der Waals surface area contributed by atoms with Crippen LogP contribution in [0.15, 0.2) is 54.6 Å². The van der Waals surface area contributed by atoms with E-state index in [0.29, 0.717) is 5.56 Å². The molecule has 4 rings (SSSR count). The first-order chi connectivity index (χ1) is 14.0. The van der Waals surface area contributed by atoms with Crippen molar-refractivity contribution in [2.24, 2.45) is 0 Å². The van der Waals surface area contributed by atoms with Crippen molar-refractivity contribution in [3.05, 3.63) is 77.0 Å². The highest BCUT2D eigenvalue weighted by Gasteiger charge is 2.27. The van der Waals surface area contributed by atoms with Gasteiger partial charge in [0.2, 0.25) is 0 Å². The summed E-state index contributed by atoms with van der Waals surface area (Å²) < 4.78 is 5.59. The van der Waals surface area contributed by atoms with Crippen molar-refractivity contribution in [3.63, 3.8) is 0 Å². The number of amides is 1. The van der Waals surface area contributed by atoms with Crippen molar-refractivity contribution in [3.8, 4) is 0 Å². The fraction of sp³-hybridized carbons (Fsp3) is 0.292. The number of rotatable bonds is 5. The number of nitrogens with one attached hydrogen (secondary N) is 1. The predicted octanol–water partition coefficient (Wildman–Crippen LogP) is 4.15. The lowest BCUT2D eigenvalue weighted by molar-refractivity contribution is -0.129. The Bertz CT molecular complexity index is 1060. The number of carbonyl (C=O) groups excluding carboxylic acids is 2. The molecule has 1 heterocycles. The quantitative estimate of drug-likeness (QED) is 0.667. The average molecular weight is 388 g/mol. The number of nitrogens with zero attached hydrogens (tertiary/aromatic N) is 1. The normalized spacial score (nSPS) is 14.8. The van der Waals surface area contributed by atoms with Crippen LogP contribution in [0.1, 0.15) is 53.5 Å². The second-order valence-corrected chi connectivity index (χ2v) is 7.47. The zero-order chi connectivity index (χ0) is 20.4. The highest BCUT2D eigenvalue weighted by Crippen LogP contribution is 2.30. The second kappa shape index (κ2) is 8.03. The Morgan fingerprint density at radius 1 is 1.00 bits per heavy atom. The van der Waals surface area contributed by atoms with Gasteiger partial charge in [-0.1, -0.05) is 48.5 Å². The molecule has 148 valence electrons. The zero-order valence-corrected chi connectivity index (χ0v) is 16.6. The summed E-state index contributed by atoms with van der Waals surface area (Å²) in [6, 6.07) is 17.1. The molecule has 0 radical (unpaired) electrons. The fourth-order valence-corrected chi connectivity index (χ4v) is 3.87. The van der Waals surface area contributed by atoms with Gasteiger partial charge in [-0.15, -0.1) is 0 Å². The standard InChI is InChI=1S/C24H24N2O3/c1-15(17-9-4-3-5-10-17)25-23(27)16(2)29-24(28)22-18-11-6-7-13-20(18)26-21-14-8-12-19(21)22/h3-7,9-11,13,15-16H,8,12,14H2,1-2H3,(H,25,27). The van der Waals surface area contributed by atoms with E-state index in [-0.39, 0.29) is 11.9 Å². The Morgan fingerprint density at radius 2 is 1.72 bits per heavy atom. The SMILES string of the molecule is CC(OC(=O)c1c2c(nc3ccccc13)CCC2)C(=O)NC(C)c1ccccc1. The fourth-order valence-electron chi connectivity index (χ4n) is 3.87. The highest BCUT2D eigenvalue weighted by molar-refractivity contribution is 6.06. The number of esters is 1. The van der Waals surface area contributed by atoms with E-state index in [1.807, 2.05) is 61.5 Å². The van der Waals surface area contributed by atoms with Gasteiger partial charge in [-0.3, -0.25) is 9.78 Å². The maximum absolute atomic E-state index is 13.1. The largest absolute Gasteiger partial charge is 0.449 e. The molecule has 1 aliphatic rings. The van der Waals surface area contributed by atoms with Crippen LogP contribution in [0, 0.1) is 0 Å². The number of pyridine rings is 1. The first kappa shape index (κ1) is 19.1. The molecular weight excluding hydrogens is 364 g/mol. The van der Waals surface area contributed by atoms with Gasteiger partial charge in [-0.2, -0.15) is 0 Å². The monoisotopic (exact) mass is 388 g/mol. The van der Waals surface area contributed by atoms with Gasteiger partial charge in [-0.05, 0) is 50.3 Å². The van der Waals surface area contributed by atoms with Crippen molar-refractivity contribution in [2.45, 2.75) is 45.3 Å². The molecule has 0 aliphatic heterocycles. The van der Waals surface area contributed by atoms with Crippen LogP contribution >= 0.6 is 0 Å². The molecular formula is C24H24N2O3. The minimum Gasteiger partial charge on any atom is -0.449 e. The number of hydrogen-bond donors (Lipinski definition) is 1. The molecule has 2 unspecified atom stereocenters. The molecule has 2 atom stereocenters. The van der Waals surface area contributed by atoms with E-state index in [1.54, 1.807) is 6.92 Å². The number of hydrogen-bond acceptors (Lipinski definition) is 4. The van der Waals surface area contributed by atoms with Crippen LogP contribution < -0.4 is 5.32 Å². The first-order valence-electron chi connectivity index (χ1n) is 10.0. The van der Waals surface area contributed by atoms with Gasteiger partial charge in [-0.25, -0.2) is 4.79 Å². The van der Waals surface area contributed by atoms with Crippen molar-refractivity contribution in [1.82, 2.24) is 10.3 Å². The van der Waals surface area contributed by atoms with Gasteiger partial charge < -0.3 is 10.1 Å². The molecule has 2 aromatic carbocycles. The molecule has 0 saturated heterocycles. The lowest BCUT2D eigenvalue weighted by Gasteiger charge is -2.19. The van der Waals surface area contributed by atoms with E-state index in [9.17, 15) is 9.59 Å². The summed E-state index contributed by atoms with van der Waals surface area (Å²) in [6.45, 7) is 3.51. The van der Waals surface area contributed by atoms with Crippen molar-refractivity contribution in [2.75, 3.05) is 0 Å². The molecule has 0 bridgehead atoms. The van der Waals surface area contributed by atoms with Crippen LogP contribution in [-0.2, 0) is 22.4 Å². The van der Waals surface area contributed by atoms with Gasteiger partial charge in [0.15, 0.2) is 6.10 Å². The minimum atomic E-state index is -0.891. The summed E-state index contributed by atoms with van der Waals surface area (Å²) in [5, 5.41) is 3.69. The number of benzene rings is 2. The third-order valence-electron chi connectivity index (χ3n) is 5.43. The zero-order valence-electron chi connectivity index (χ0n) is 16.6. The Labute approximate surface area is 170 Å². The predicted molar refractivity (Wildman–Crippen MR) is 112 cm³/mol. The molecule has 3 aromatic rings. The molecule has 1 N–H and O–H groups in total. The van der Waals surface area contributed by atoms with Crippen LogP contribution in [0.2, 0.25) is 0 Å². The Balaban J connectivity index is 1.53. The third kappa shape index (κ3) is 3.86. The average Bonchev–Trinajstić information content (AvgIpc) is 3.20. The molecule has 5 heteroatoms. The molecule has 1 amide bonds. The van der Waals surface area contributed by atoms with E-state index in [1.165, 1.54) is 0 Å². The summed E-state index contributed by atoms with van der Waals surface area (Å²) in [6.07, 6.45) is 1.76. The van der Waals surface area contributed by atoms with E-state index in [4.69, 9.17) is 9.72 Å². The van der Waals surface area contributed by atoms with Gasteiger partial charge in [0.05, 0.1) is 17.1 Å². The molecule has 0 saturated carbocycles. The van der Waals surface area contributed by atoms with E-state index in [2.05, 4.69) is 5.32 Å². The van der Waals surface area contributed by atoms with Gasteiger partial charge >= 0.3 is 5.97 Å². The van der Waals surface area contributed by atoms with Crippen molar-refractivity contribution < 1.29 is 14.3 Å². The van der Waals surface area contributed by atoms with Crippen LogP contribution in [0.5, 0.6) is 0 Å². The Hall–Kier alpha value is -3.21. The second-order valence-electron chi connectivity index (χ2n) is 7.47. The lowest BCUT2D eigenvalue weighted by atomic mass is 10.0. The molecule has 1 aromatic heterocycles. The maximum Gasteiger partial charge on any atom is 0.339 e. The Morgan fingerprint density at radius 3 is 2.52 bits per heavy atom. The molecule has 5 nitrogen and oxygen atoms in total. The van der Waals surface area contributed by atoms with Gasteiger partial charge in [0.1, 0.15) is 0 Å². The van der Waals surface area contributed by atoms with Crippen LogP contribution in [-0.4, -0.2) is 23.0 Å². The molecule has 0 spiro atoms. The summed E-state index contributed by atoms with van der Waals surface area (Å²) in [7, 11) is 0. The summed E-state index contributed by atoms with van der Waals surface area (Å²) in [5.74, 6) is -0.776. The van der Waals surface area contributed by atoms with Crippen LogP contribution in [0.3, 0.4) is 0 Å². The number of fused-ring (bicyclic) bond motifs is 2. The first-order valence-corrected chi connectivity index (χ1v) is 10.0. The van der Waals surface area contributed by atoms with Crippen LogP contribution in [0.4, 0.5) is 0 Å². The molecule has 29 heavy (non-hydrogen) atoms. The number of carbonyl (C=O) groups is 2. The van der Waals surface area contributed by atoms with E-state index < -0.39 is 12.1 Å². The van der Waals surface area contributed by atoms with Crippen LogP contribution in [0.25, 0.3) is 10.9 Å².